The molecule has 1 N–H and O–H groups in total. The number of pyridine rings is 1. The molecule has 1 atom stereocenters. The van der Waals surface area contributed by atoms with E-state index in [1.807, 2.05) is 4.90 Å². The van der Waals surface area contributed by atoms with E-state index in [-0.39, 0.29) is 50.3 Å². The highest BCUT2D eigenvalue weighted by atomic mass is 32.2. The molecule has 3 heterocycles. The maximum Gasteiger partial charge on any atom is 0.416 e. The van der Waals surface area contributed by atoms with Crippen LogP contribution < -0.4 is 5.32 Å². The zero-order valence-electron chi connectivity index (χ0n) is 29.5. The van der Waals surface area contributed by atoms with Crippen LogP contribution in [-0.2, 0) is 22.6 Å². The number of likely N-dealkylation sites (tertiary alicyclic amines) is 2. The van der Waals surface area contributed by atoms with E-state index in [4.69, 9.17) is 4.98 Å². The second-order valence-electron chi connectivity index (χ2n) is 14.1. The van der Waals surface area contributed by atoms with Crippen molar-refractivity contribution in [2.75, 3.05) is 26.2 Å². The van der Waals surface area contributed by atoms with Crippen molar-refractivity contribution in [2.45, 2.75) is 87.1 Å². The Kier molecular flexibility index (Phi) is 11.2. The first kappa shape index (κ1) is 38.7. The van der Waals surface area contributed by atoms with Crippen LogP contribution in [0.3, 0.4) is 0 Å². The second kappa shape index (κ2) is 15.4. The third kappa shape index (κ3) is 8.54. The molecule has 14 heteroatoms. The lowest BCUT2D eigenvalue weighted by molar-refractivity contribution is -0.155. The number of hydrogen-bond donors (Lipinski definition) is 1. The summed E-state index contributed by atoms with van der Waals surface area (Å²) in [6.07, 6.45) is -4.61. The summed E-state index contributed by atoms with van der Waals surface area (Å²) in [4.78, 5) is 23.6. The predicted octanol–water partition coefficient (Wildman–Crippen LogP) is 8.59. The molecule has 2 aliphatic rings. The molecular formula is C39H42F6N4O3S. The van der Waals surface area contributed by atoms with Gasteiger partial charge in [-0.3, -0.25) is 9.69 Å². The van der Waals surface area contributed by atoms with Gasteiger partial charge in [0, 0.05) is 29.1 Å². The van der Waals surface area contributed by atoms with Gasteiger partial charge in [-0.25, -0.2) is 13.4 Å². The molecule has 2 aliphatic heterocycles. The number of sulfone groups is 1. The van der Waals surface area contributed by atoms with Gasteiger partial charge in [-0.1, -0.05) is 48.9 Å². The fourth-order valence-electron chi connectivity index (χ4n) is 7.38. The van der Waals surface area contributed by atoms with Gasteiger partial charge in [-0.15, -0.1) is 0 Å². The molecule has 0 radical (unpaired) electrons. The maximum atomic E-state index is 14.6. The number of halogens is 6. The van der Waals surface area contributed by atoms with E-state index in [9.17, 15) is 39.6 Å². The lowest BCUT2D eigenvalue weighted by atomic mass is 9.93. The first-order chi connectivity index (χ1) is 25.0. The first-order valence-corrected chi connectivity index (χ1v) is 19.4. The molecule has 7 nitrogen and oxygen atoms in total. The van der Waals surface area contributed by atoms with Crippen LogP contribution in [-0.4, -0.2) is 72.8 Å². The van der Waals surface area contributed by atoms with Crippen molar-refractivity contribution in [1.29, 1.82) is 0 Å². The predicted molar refractivity (Wildman–Crippen MR) is 191 cm³/mol. The van der Waals surface area contributed by atoms with Gasteiger partial charge in [0.2, 0.25) is 0 Å². The number of rotatable bonds is 9. The normalized spacial score (nSPS) is 17.7. The van der Waals surface area contributed by atoms with E-state index in [2.05, 4.69) is 10.2 Å². The van der Waals surface area contributed by atoms with Crippen LogP contribution >= 0.6 is 0 Å². The second-order valence-corrected chi connectivity index (χ2v) is 16.6. The van der Waals surface area contributed by atoms with E-state index < -0.39 is 45.0 Å². The Labute approximate surface area is 305 Å². The van der Waals surface area contributed by atoms with Crippen LogP contribution in [0.15, 0.2) is 77.7 Å². The van der Waals surface area contributed by atoms with E-state index >= 15 is 0 Å². The van der Waals surface area contributed by atoms with Crippen molar-refractivity contribution < 1.29 is 39.6 Å². The highest BCUT2D eigenvalue weighted by Gasteiger charge is 2.43. The number of amides is 1. The largest absolute Gasteiger partial charge is 0.416 e. The molecule has 6 rings (SSSR count). The number of piperidine rings is 2. The molecule has 1 aromatic heterocycles. The van der Waals surface area contributed by atoms with Crippen LogP contribution in [0.5, 0.6) is 0 Å². The highest BCUT2D eigenvalue weighted by molar-refractivity contribution is 7.92. The van der Waals surface area contributed by atoms with Gasteiger partial charge in [0.15, 0.2) is 15.9 Å². The lowest BCUT2D eigenvalue weighted by Gasteiger charge is -2.40. The number of alkyl halides is 6. The number of carbonyl (C=O) groups is 1. The van der Waals surface area contributed by atoms with Gasteiger partial charge < -0.3 is 10.2 Å². The van der Waals surface area contributed by atoms with Crippen LogP contribution in [0.4, 0.5) is 26.3 Å². The molecule has 53 heavy (non-hydrogen) atoms. The lowest BCUT2D eigenvalue weighted by Crippen LogP contribution is -2.46. The summed E-state index contributed by atoms with van der Waals surface area (Å²) in [6, 6.07) is 13.0. The first-order valence-electron chi connectivity index (χ1n) is 17.8. The van der Waals surface area contributed by atoms with Gasteiger partial charge in [-0.2, -0.15) is 26.3 Å². The van der Waals surface area contributed by atoms with Gasteiger partial charge in [0.25, 0.3) is 5.91 Å². The molecule has 0 spiro atoms. The Hall–Kier alpha value is -4.01. The summed E-state index contributed by atoms with van der Waals surface area (Å²) in [5, 5.41) is 1.28. The summed E-state index contributed by atoms with van der Waals surface area (Å²) < 4.78 is 113. The van der Waals surface area contributed by atoms with E-state index in [0.29, 0.717) is 19.1 Å². The molecule has 1 unspecified atom stereocenters. The van der Waals surface area contributed by atoms with Gasteiger partial charge >= 0.3 is 12.4 Å². The third-order valence-corrected chi connectivity index (χ3v) is 12.4. The molecule has 4 aromatic rings. The Morgan fingerprint density at radius 3 is 2.17 bits per heavy atom. The summed E-state index contributed by atoms with van der Waals surface area (Å²) >= 11 is 0. The Morgan fingerprint density at radius 2 is 1.55 bits per heavy atom. The number of hydrogen-bond acceptors (Lipinski definition) is 6. The van der Waals surface area contributed by atoms with Gasteiger partial charge in [0.05, 0.1) is 32.5 Å². The third-order valence-electron chi connectivity index (χ3n) is 10.3. The number of nitrogens with zero attached hydrogens (tertiary/aromatic N) is 3. The standard InChI is InChI=1S/C39H42F6N4O3S/c1-25(2)53(51,52)30-14-15-33-31(23-30)34(37(50)47-36(39(43,44)45)26-10-5-3-6-11-26)32(35(46-33)27-12-9-13-28(22-27)38(40,41)42)24-48-20-16-29(17-21-48)49-18-7-4-8-19-49/h3,5-6,9-15,22-23,25,29,36H,4,7-8,16-21,24H2,1-2H3,(H,47,50). The average Bonchev–Trinajstić information content (AvgIpc) is 3.13. The zero-order chi connectivity index (χ0) is 38.1. The molecule has 2 fully saturated rings. The summed E-state index contributed by atoms with van der Waals surface area (Å²) in [7, 11) is -3.92. The number of aromatic nitrogens is 1. The highest BCUT2D eigenvalue weighted by Crippen LogP contribution is 2.39. The zero-order valence-corrected chi connectivity index (χ0v) is 30.3. The molecule has 284 valence electrons. The van der Waals surface area contributed by atoms with Gasteiger partial charge in [-0.05, 0) is 102 Å². The van der Waals surface area contributed by atoms with Crippen LogP contribution in [0.25, 0.3) is 22.2 Å². The average molecular weight is 761 g/mol. The molecule has 0 bridgehead atoms. The minimum absolute atomic E-state index is 0.00496. The quantitative estimate of drug-likeness (QED) is 0.172. The number of benzene rings is 3. The van der Waals surface area contributed by atoms with Crippen molar-refractivity contribution in [2.24, 2.45) is 0 Å². The van der Waals surface area contributed by atoms with E-state index in [1.165, 1.54) is 74.9 Å². The fourth-order valence-corrected chi connectivity index (χ4v) is 8.46. The summed E-state index contributed by atoms with van der Waals surface area (Å²) in [5.74, 6) is -1.16. The smallest absolute Gasteiger partial charge is 0.337 e. The molecule has 0 aliphatic carbocycles. The van der Waals surface area contributed by atoms with Crippen LogP contribution in [0, 0.1) is 0 Å². The van der Waals surface area contributed by atoms with Crippen molar-refractivity contribution >= 4 is 26.6 Å². The summed E-state index contributed by atoms with van der Waals surface area (Å²) in [6.45, 7) is 6.09. The van der Waals surface area contributed by atoms with Crippen LogP contribution in [0.1, 0.15) is 79.0 Å². The fraction of sp³-hybridized carbons (Fsp3) is 0.436. The molecule has 1 amide bonds. The molecule has 3 aromatic carbocycles. The molecule has 2 saturated heterocycles. The van der Waals surface area contributed by atoms with Crippen molar-refractivity contribution in [1.82, 2.24) is 20.1 Å². The monoisotopic (exact) mass is 760 g/mol. The number of fused-ring (bicyclic) bond motifs is 1. The number of carbonyl (C=O) groups excluding carboxylic acids is 1. The Balaban J connectivity index is 1.54. The van der Waals surface area contributed by atoms with E-state index in [0.717, 1.165) is 50.9 Å². The van der Waals surface area contributed by atoms with Crippen molar-refractivity contribution in [3.8, 4) is 11.3 Å². The Morgan fingerprint density at radius 1 is 0.868 bits per heavy atom. The minimum Gasteiger partial charge on any atom is -0.337 e. The molecule has 0 saturated carbocycles. The Bertz CT molecular complexity index is 2040. The summed E-state index contributed by atoms with van der Waals surface area (Å²) in [5.41, 5.74) is -1.30. The SMILES string of the molecule is CC(C)S(=O)(=O)c1ccc2nc(-c3cccc(C(F)(F)F)c3)c(CN3CCC(N4CCCCC4)CC3)c(C(=O)NC(c3ccccc3)C(F)(F)F)c2c1. The van der Waals surface area contributed by atoms with Crippen LogP contribution in [0.2, 0.25) is 0 Å². The van der Waals surface area contributed by atoms with Crippen molar-refractivity contribution in [3.05, 3.63) is 95.1 Å². The maximum absolute atomic E-state index is 14.6. The van der Waals surface area contributed by atoms with Gasteiger partial charge in [0.1, 0.15) is 0 Å². The van der Waals surface area contributed by atoms with Crippen molar-refractivity contribution in [3.63, 3.8) is 0 Å². The topological polar surface area (TPSA) is 82.6 Å². The number of nitrogens with one attached hydrogen (secondary N) is 1. The van der Waals surface area contributed by atoms with E-state index in [1.54, 1.807) is 6.07 Å². The molecular weight excluding hydrogens is 719 g/mol. The minimum atomic E-state index is -4.92.